The van der Waals surface area contributed by atoms with E-state index in [2.05, 4.69) is 38.2 Å². The highest BCUT2D eigenvalue weighted by Crippen LogP contribution is 2.22. The molecule has 0 bridgehead atoms. The van der Waals surface area contributed by atoms with Gasteiger partial charge in [-0.05, 0) is 29.8 Å². The van der Waals surface area contributed by atoms with E-state index in [-0.39, 0.29) is 0 Å². The van der Waals surface area contributed by atoms with Crippen molar-refractivity contribution >= 4 is 15.9 Å². The summed E-state index contributed by atoms with van der Waals surface area (Å²) >= 11 is 3.62. The Morgan fingerprint density at radius 2 is 2.31 bits per heavy atom. The summed E-state index contributed by atoms with van der Waals surface area (Å²) in [5, 5.41) is 7.84. The van der Waals surface area contributed by atoms with Gasteiger partial charge in [0.05, 0.1) is 15.9 Å². The molecule has 0 spiro atoms. The normalized spacial score (nSPS) is 22.6. The van der Waals surface area contributed by atoms with E-state index >= 15 is 0 Å². The molecular formula is C11H19BrN4. The molecule has 5 heteroatoms. The average molecular weight is 287 g/mol. The zero-order valence-electron chi connectivity index (χ0n) is 10.1. The Labute approximate surface area is 105 Å². The van der Waals surface area contributed by atoms with Crippen molar-refractivity contribution in [1.82, 2.24) is 20.0 Å². The third kappa shape index (κ3) is 2.31. The molecule has 1 aromatic rings. The fraction of sp³-hybridized carbons (Fsp3) is 0.727. The topological polar surface area (TPSA) is 33.1 Å². The van der Waals surface area contributed by atoms with Crippen LogP contribution in [0.25, 0.3) is 0 Å². The van der Waals surface area contributed by atoms with Crippen LogP contribution in [0.1, 0.15) is 18.3 Å². The lowest BCUT2D eigenvalue weighted by molar-refractivity contribution is 0.161. The Morgan fingerprint density at radius 3 is 2.88 bits per heavy atom. The number of nitrogens with one attached hydrogen (secondary N) is 1. The highest BCUT2D eigenvalue weighted by atomic mass is 79.9. The lowest BCUT2D eigenvalue weighted by Gasteiger charge is -2.33. The monoisotopic (exact) mass is 286 g/mol. The molecule has 1 N–H and O–H groups in total. The molecule has 1 aromatic heterocycles. The van der Waals surface area contributed by atoms with Crippen LogP contribution in [0.5, 0.6) is 0 Å². The predicted molar refractivity (Wildman–Crippen MR) is 68.4 cm³/mol. The van der Waals surface area contributed by atoms with E-state index in [4.69, 9.17) is 0 Å². The lowest BCUT2D eigenvalue weighted by atomic mass is 10.2. The zero-order chi connectivity index (χ0) is 11.7. The van der Waals surface area contributed by atoms with Gasteiger partial charge in [0.15, 0.2) is 0 Å². The molecule has 0 amide bonds. The van der Waals surface area contributed by atoms with Gasteiger partial charge >= 0.3 is 0 Å². The molecule has 2 rings (SSSR count). The van der Waals surface area contributed by atoms with E-state index in [0.29, 0.717) is 6.04 Å². The van der Waals surface area contributed by atoms with Gasteiger partial charge in [-0.3, -0.25) is 9.58 Å². The summed E-state index contributed by atoms with van der Waals surface area (Å²) in [5.41, 5.74) is 2.34. The highest BCUT2D eigenvalue weighted by Gasteiger charge is 2.21. The van der Waals surface area contributed by atoms with Crippen molar-refractivity contribution in [2.24, 2.45) is 7.05 Å². The van der Waals surface area contributed by atoms with Gasteiger partial charge in [-0.2, -0.15) is 5.10 Å². The molecule has 2 heterocycles. The second-order valence-corrected chi connectivity index (χ2v) is 5.29. The molecule has 0 unspecified atom stereocenters. The largest absolute Gasteiger partial charge is 0.314 e. The van der Waals surface area contributed by atoms with Crippen molar-refractivity contribution in [3.63, 3.8) is 0 Å². The quantitative estimate of drug-likeness (QED) is 0.889. The molecule has 1 fully saturated rings. The van der Waals surface area contributed by atoms with Crippen LogP contribution >= 0.6 is 15.9 Å². The standard InChI is InChI=1S/C11H19BrN4/c1-8-6-13-4-5-16(8)7-10-11(12)9(2)14-15(10)3/h8,13H,4-7H2,1-3H3/t8-/m1/s1. The van der Waals surface area contributed by atoms with Crippen molar-refractivity contribution in [2.75, 3.05) is 19.6 Å². The number of aromatic nitrogens is 2. The van der Waals surface area contributed by atoms with E-state index in [0.717, 1.165) is 36.3 Å². The number of hydrogen-bond acceptors (Lipinski definition) is 3. The molecule has 0 saturated carbocycles. The summed E-state index contributed by atoms with van der Waals surface area (Å²) in [5.74, 6) is 0. The van der Waals surface area contributed by atoms with Crippen LogP contribution in [0.15, 0.2) is 4.47 Å². The van der Waals surface area contributed by atoms with Gasteiger partial charge in [0.1, 0.15) is 0 Å². The molecular weight excluding hydrogens is 268 g/mol. The van der Waals surface area contributed by atoms with Gasteiger partial charge < -0.3 is 5.32 Å². The van der Waals surface area contributed by atoms with Crippen molar-refractivity contribution in [1.29, 1.82) is 0 Å². The molecule has 4 nitrogen and oxygen atoms in total. The summed E-state index contributed by atoms with van der Waals surface area (Å²) in [4.78, 5) is 2.50. The Bertz CT molecular complexity index is 374. The van der Waals surface area contributed by atoms with E-state index in [1.165, 1.54) is 5.69 Å². The van der Waals surface area contributed by atoms with Crippen molar-refractivity contribution < 1.29 is 0 Å². The summed E-state index contributed by atoms with van der Waals surface area (Å²) in [6, 6.07) is 0.593. The fourth-order valence-electron chi connectivity index (χ4n) is 2.16. The number of aryl methyl sites for hydroxylation is 2. The Kier molecular flexibility index (Phi) is 3.66. The highest BCUT2D eigenvalue weighted by molar-refractivity contribution is 9.10. The Hall–Kier alpha value is -0.390. The molecule has 90 valence electrons. The SMILES string of the molecule is Cc1nn(C)c(CN2CCNC[C@H]2C)c1Br. The van der Waals surface area contributed by atoms with Gasteiger partial charge in [-0.15, -0.1) is 0 Å². The smallest absolute Gasteiger partial charge is 0.0739 e. The first-order valence-electron chi connectivity index (χ1n) is 5.72. The molecule has 0 radical (unpaired) electrons. The van der Waals surface area contributed by atoms with E-state index in [9.17, 15) is 0 Å². The first-order chi connectivity index (χ1) is 7.59. The molecule has 0 aromatic carbocycles. The van der Waals surface area contributed by atoms with E-state index in [1.807, 2.05) is 18.7 Å². The number of hydrogen-bond donors (Lipinski definition) is 1. The zero-order valence-corrected chi connectivity index (χ0v) is 11.7. The average Bonchev–Trinajstić information content (AvgIpc) is 2.48. The number of halogens is 1. The number of rotatable bonds is 2. The maximum Gasteiger partial charge on any atom is 0.0739 e. The van der Waals surface area contributed by atoms with Gasteiger partial charge in [0, 0.05) is 39.3 Å². The van der Waals surface area contributed by atoms with Crippen LogP contribution in [0.4, 0.5) is 0 Å². The first-order valence-corrected chi connectivity index (χ1v) is 6.51. The van der Waals surface area contributed by atoms with Gasteiger partial charge in [0.25, 0.3) is 0 Å². The molecule has 0 aliphatic carbocycles. The second-order valence-electron chi connectivity index (χ2n) is 4.49. The number of piperazine rings is 1. The maximum absolute atomic E-state index is 4.43. The summed E-state index contributed by atoms with van der Waals surface area (Å²) in [7, 11) is 2.01. The molecule has 1 aliphatic heterocycles. The van der Waals surface area contributed by atoms with Gasteiger partial charge in [0.2, 0.25) is 0 Å². The third-order valence-electron chi connectivity index (χ3n) is 3.25. The first kappa shape index (κ1) is 12.1. The third-order valence-corrected chi connectivity index (χ3v) is 4.28. The van der Waals surface area contributed by atoms with E-state index in [1.54, 1.807) is 0 Å². The fourth-order valence-corrected chi connectivity index (χ4v) is 2.62. The van der Waals surface area contributed by atoms with Crippen LogP contribution < -0.4 is 5.32 Å². The van der Waals surface area contributed by atoms with Crippen LogP contribution in [-0.4, -0.2) is 40.4 Å². The maximum atomic E-state index is 4.43. The summed E-state index contributed by atoms with van der Waals surface area (Å²) in [6.07, 6.45) is 0. The van der Waals surface area contributed by atoms with Crippen LogP contribution in [0.2, 0.25) is 0 Å². The van der Waals surface area contributed by atoms with Crippen LogP contribution in [-0.2, 0) is 13.6 Å². The summed E-state index contributed by atoms with van der Waals surface area (Å²) < 4.78 is 3.13. The van der Waals surface area contributed by atoms with Gasteiger partial charge in [-0.25, -0.2) is 0 Å². The Morgan fingerprint density at radius 1 is 1.56 bits per heavy atom. The van der Waals surface area contributed by atoms with Gasteiger partial charge in [-0.1, -0.05) is 0 Å². The minimum atomic E-state index is 0.593. The lowest BCUT2D eigenvalue weighted by Crippen LogP contribution is -2.49. The van der Waals surface area contributed by atoms with Crippen LogP contribution in [0, 0.1) is 6.92 Å². The predicted octanol–water partition coefficient (Wildman–Crippen LogP) is 1.28. The minimum Gasteiger partial charge on any atom is -0.314 e. The van der Waals surface area contributed by atoms with Crippen molar-refractivity contribution in [3.8, 4) is 0 Å². The summed E-state index contributed by atoms with van der Waals surface area (Å²) in [6.45, 7) is 8.55. The number of nitrogens with zero attached hydrogens (tertiary/aromatic N) is 3. The molecule has 1 atom stereocenters. The van der Waals surface area contributed by atoms with Crippen LogP contribution in [0.3, 0.4) is 0 Å². The molecule has 1 aliphatic rings. The minimum absolute atomic E-state index is 0.593. The molecule has 1 saturated heterocycles. The van der Waals surface area contributed by atoms with Crippen molar-refractivity contribution in [2.45, 2.75) is 26.4 Å². The molecule has 16 heavy (non-hydrogen) atoms. The second kappa shape index (κ2) is 4.85. The van der Waals surface area contributed by atoms with Crippen molar-refractivity contribution in [3.05, 3.63) is 15.9 Å². The Balaban J connectivity index is 2.13. The van der Waals surface area contributed by atoms with E-state index < -0.39 is 0 Å².